The summed E-state index contributed by atoms with van der Waals surface area (Å²) in [5.74, 6) is 0.0151. The van der Waals surface area contributed by atoms with Crippen molar-refractivity contribution in [1.29, 1.82) is 0 Å². The lowest BCUT2D eigenvalue weighted by Gasteiger charge is -2.12. The normalized spacial score (nSPS) is 11.5. The van der Waals surface area contributed by atoms with Crippen LogP contribution in [0.15, 0.2) is 17.0 Å². The first-order valence-corrected chi connectivity index (χ1v) is 9.01. The Morgan fingerprint density at radius 1 is 1.29 bits per heavy atom. The van der Waals surface area contributed by atoms with Crippen LogP contribution in [0.5, 0.6) is 5.75 Å². The van der Waals surface area contributed by atoms with Gasteiger partial charge in [-0.15, -0.1) is 0 Å². The van der Waals surface area contributed by atoms with Gasteiger partial charge in [0.25, 0.3) is 15.0 Å². The zero-order chi connectivity index (χ0) is 16.2. The van der Waals surface area contributed by atoms with Gasteiger partial charge in [-0.05, 0) is 18.1 Å². The van der Waals surface area contributed by atoms with E-state index in [1.165, 1.54) is 0 Å². The van der Waals surface area contributed by atoms with Gasteiger partial charge in [0, 0.05) is 17.2 Å². The van der Waals surface area contributed by atoms with Crippen molar-refractivity contribution in [1.82, 2.24) is 5.32 Å². The van der Waals surface area contributed by atoms with E-state index in [0.717, 1.165) is 12.1 Å². The second-order valence-electron chi connectivity index (χ2n) is 4.64. The molecule has 1 N–H and O–H groups in total. The van der Waals surface area contributed by atoms with E-state index >= 15 is 0 Å². The van der Waals surface area contributed by atoms with E-state index in [-0.39, 0.29) is 33.2 Å². The first-order chi connectivity index (χ1) is 9.61. The number of carbonyl (C=O) groups is 1. The lowest BCUT2D eigenvalue weighted by Crippen LogP contribution is -2.31. The van der Waals surface area contributed by atoms with Gasteiger partial charge in [0.2, 0.25) is 0 Å². The highest BCUT2D eigenvalue weighted by Crippen LogP contribution is 2.36. The minimum absolute atomic E-state index is 0.0297. The van der Waals surface area contributed by atoms with Gasteiger partial charge >= 0.3 is 0 Å². The lowest BCUT2D eigenvalue weighted by atomic mass is 10.2. The van der Waals surface area contributed by atoms with Gasteiger partial charge < -0.3 is 10.1 Å². The summed E-state index contributed by atoms with van der Waals surface area (Å²) in [6.07, 6.45) is 0. The van der Waals surface area contributed by atoms with Crippen LogP contribution in [0.3, 0.4) is 0 Å². The van der Waals surface area contributed by atoms with Crippen molar-refractivity contribution >= 4 is 48.8 Å². The Bertz CT molecular complexity index is 608. The minimum Gasteiger partial charge on any atom is -0.481 e. The minimum atomic E-state index is -3.95. The fourth-order valence-corrected chi connectivity index (χ4v) is 2.83. The number of halogens is 3. The Morgan fingerprint density at radius 2 is 1.81 bits per heavy atom. The quantitative estimate of drug-likeness (QED) is 0.777. The highest BCUT2D eigenvalue weighted by molar-refractivity contribution is 8.13. The van der Waals surface area contributed by atoms with Gasteiger partial charge in [-0.2, -0.15) is 0 Å². The molecule has 0 spiro atoms. The largest absolute Gasteiger partial charge is 0.481 e. The van der Waals surface area contributed by atoms with Crippen LogP contribution in [0.1, 0.15) is 13.8 Å². The summed E-state index contributed by atoms with van der Waals surface area (Å²) < 4.78 is 27.6. The van der Waals surface area contributed by atoms with E-state index in [2.05, 4.69) is 5.32 Å². The Morgan fingerprint density at radius 3 is 2.24 bits per heavy atom. The molecule has 0 atom stereocenters. The molecule has 0 aromatic heterocycles. The van der Waals surface area contributed by atoms with Crippen molar-refractivity contribution in [2.75, 3.05) is 13.2 Å². The monoisotopic (exact) mass is 373 g/mol. The Balaban J connectivity index is 2.79. The summed E-state index contributed by atoms with van der Waals surface area (Å²) in [5, 5.41) is 2.57. The maximum atomic E-state index is 11.5. The van der Waals surface area contributed by atoms with Crippen molar-refractivity contribution in [2.24, 2.45) is 5.92 Å². The number of carbonyl (C=O) groups excluding carboxylic acids is 1. The average Bonchev–Trinajstić information content (AvgIpc) is 2.33. The summed E-state index contributed by atoms with van der Waals surface area (Å²) in [7, 11) is 1.26. The maximum absolute atomic E-state index is 11.5. The van der Waals surface area contributed by atoms with Gasteiger partial charge in [-0.1, -0.05) is 37.0 Å². The van der Waals surface area contributed by atoms with Crippen LogP contribution in [0.2, 0.25) is 10.0 Å². The van der Waals surface area contributed by atoms with Crippen LogP contribution in [-0.2, 0) is 13.8 Å². The third kappa shape index (κ3) is 5.90. The standard InChI is InChI=1S/C12H14Cl3NO4S/c1-7(2)5-16-11(17)6-20-12-9(13)3-8(4-10(12)14)21(15,18)19/h3-4,7H,5-6H2,1-2H3,(H,16,17). The number of rotatable bonds is 6. The second-order valence-corrected chi connectivity index (χ2v) is 8.02. The van der Waals surface area contributed by atoms with E-state index in [9.17, 15) is 13.2 Å². The van der Waals surface area contributed by atoms with E-state index in [0.29, 0.717) is 12.5 Å². The lowest BCUT2D eigenvalue weighted by molar-refractivity contribution is -0.123. The molecule has 0 unspecified atom stereocenters. The van der Waals surface area contributed by atoms with Crippen LogP contribution >= 0.6 is 33.9 Å². The highest BCUT2D eigenvalue weighted by atomic mass is 35.7. The van der Waals surface area contributed by atoms with Crippen molar-refractivity contribution in [3.63, 3.8) is 0 Å². The molecule has 0 radical (unpaired) electrons. The Hall–Kier alpha value is -0.690. The molecule has 0 heterocycles. The third-order valence-corrected chi connectivity index (χ3v) is 4.20. The molecule has 1 amide bonds. The smallest absolute Gasteiger partial charge is 0.261 e. The van der Waals surface area contributed by atoms with Crippen LogP contribution in [-0.4, -0.2) is 27.5 Å². The summed E-state index contributed by atoms with van der Waals surface area (Å²) >= 11 is 11.8. The highest BCUT2D eigenvalue weighted by Gasteiger charge is 2.17. The third-order valence-electron chi connectivity index (χ3n) is 2.31. The molecule has 9 heteroatoms. The van der Waals surface area contributed by atoms with Crippen LogP contribution in [0.4, 0.5) is 0 Å². The van der Waals surface area contributed by atoms with Gasteiger partial charge in [-0.3, -0.25) is 4.79 Å². The van der Waals surface area contributed by atoms with Gasteiger partial charge in [-0.25, -0.2) is 8.42 Å². The first-order valence-electron chi connectivity index (χ1n) is 5.94. The fraction of sp³-hybridized carbons (Fsp3) is 0.417. The number of ether oxygens (including phenoxy) is 1. The molecule has 0 saturated carbocycles. The molecule has 0 aliphatic heterocycles. The summed E-state index contributed by atoms with van der Waals surface area (Å²) in [5.41, 5.74) is 0. The van der Waals surface area contributed by atoms with E-state index in [1.54, 1.807) is 0 Å². The van der Waals surface area contributed by atoms with Crippen molar-refractivity contribution in [2.45, 2.75) is 18.7 Å². The molecule has 118 valence electrons. The first kappa shape index (κ1) is 18.4. The molecule has 1 rings (SSSR count). The van der Waals surface area contributed by atoms with E-state index in [4.69, 9.17) is 38.6 Å². The molecule has 0 bridgehead atoms. The second kappa shape index (κ2) is 7.54. The number of benzene rings is 1. The van der Waals surface area contributed by atoms with E-state index < -0.39 is 9.05 Å². The Labute approximate surface area is 137 Å². The van der Waals surface area contributed by atoms with Crippen molar-refractivity contribution < 1.29 is 17.9 Å². The topological polar surface area (TPSA) is 72.5 Å². The predicted molar refractivity (Wildman–Crippen MR) is 82.8 cm³/mol. The average molecular weight is 375 g/mol. The van der Waals surface area contributed by atoms with Crippen molar-refractivity contribution in [3.05, 3.63) is 22.2 Å². The molecule has 0 aliphatic carbocycles. The summed E-state index contributed by atoms with van der Waals surface area (Å²) in [6.45, 7) is 4.16. The number of hydrogen-bond acceptors (Lipinski definition) is 4. The maximum Gasteiger partial charge on any atom is 0.261 e. The zero-order valence-electron chi connectivity index (χ0n) is 11.3. The molecular weight excluding hydrogens is 361 g/mol. The molecule has 5 nitrogen and oxygen atoms in total. The molecule has 0 fully saturated rings. The van der Waals surface area contributed by atoms with Crippen LogP contribution < -0.4 is 10.1 Å². The molecule has 0 saturated heterocycles. The number of amides is 1. The molecule has 1 aromatic carbocycles. The molecule has 0 aliphatic rings. The Kier molecular flexibility index (Phi) is 6.59. The molecule has 21 heavy (non-hydrogen) atoms. The SMILES string of the molecule is CC(C)CNC(=O)COc1c(Cl)cc(S(=O)(=O)Cl)cc1Cl. The molecule has 1 aromatic rings. The van der Waals surface area contributed by atoms with Gasteiger partial charge in [0.05, 0.1) is 14.9 Å². The van der Waals surface area contributed by atoms with Gasteiger partial charge in [0.15, 0.2) is 12.4 Å². The van der Waals surface area contributed by atoms with Gasteiger partial charge in [0.1, 0.15) is 0 Å². The summed E-state index contributed by atoms with van der Waals surface area (Å²) in [4.78, 5) is 11.3. The number of hydrogen-bond donors (Lipinski definition) is 1. The number of nitrogens with one attached hydrogen (secondary N) is 1. The summed E-state index contributed by atoms with van der Waals surface area (Å²) in [6, 6.07) is 2.22. The molecular formula is C12H14Cl3NO4S. The zero-order valence-corrected chi connectivity index (χ0v) is 14.4. The van der Waals surface area contributed by atoms with Crippen LogP contribution in [0, 0.1) is 5.92 Å². The van der Waals surface area contributed by atoms with E-state index in [1.807, 2.05) is 13.8 Å². The van der Waals surface area contributed by atoms with Crippen LogP contribution in [0.25, 0.3) is 0 Å². The van der Waals surface area contributed by atoms with Crippen molar-refractivity contribution in [3.8, 4) is 5.75 Å². The fourth-order valence-electron chi connectivity index (χ4n) is 1.32. The predicted octanol–water partition coefficient (Wildman–Crippen LogP) is 3.07.